The van der Waals surface area contributed by atoms with Crippen LogP contribution in [0.5, 0.6) is 0 Å². The van der Waals surface area contributed by atoms with Crippen molar-refractivity contribution in [2.24, 2.45) is 5.92 Å². The van der Waals surface area contributed by atoms with Crippen LogP contribution in [-0.4, -0.2) is 25.3 Å². The number of fused-ring (bicyclic) bond motifs is 1. The van der Waals surface area contributed by atoms with E-state index in [0.29, 0.717) is 21.1 Å². The third-order valence-corrected chi connectivity index (χ3v) is 3.72. The van der Waals surface area contributed by atoms with E-state index in [2.05, 4.69) is 15.2 Å². The number of hydrogen-bond donors (Lipinski definition) is 0. The maximum absolute atomic E-state index is 12.9. The Balaban J connectivity index is 2.60. The van der Waals surface area contributed by atoms with Crippen LogP contribution in [0.4, 0.5) is 13.2 Å². The zero-order valence-corrected chi connectivity index (χ0v) is 11.5. The molecular weight excluding hydrogens is 291 g/mol. The summed E-state index contributed by atoms with van der Waals surface area (Å²) in [6, 6.07) is 1.67. The van der Waals surface area contributed by atoms with Crippen LogP contribution in [0.25, 0.3) is 5.65 Å². The average molecular weight is 301 g/mol. The highest BCUT2D eigenvalue weighted by Gasteiger charge is 2.38. The predicted octanol–water partition coefficient (Wildman–Crippen LogP) is 2.76. The van der Waals surface area contributed by atoms with Crippen LogP contribution in [0.3, 0.4) is 0 Å². The van der Waals surface area contributed by atoms with E-state index in [1.54, 1.807) is 6.07 Å². The minimum Gasteiger partial charge on any atom is -0.258 e. The van der Waals surface area contributed by atoms with Gasteiger partial charge in [0, 0.05) is 5.75 Å². The molecule has 0 aliphatic rings. The summed E-state index contributed by atoms with van der Waals surface area (Å²) < 4.78 is 39.3. The van der Waals surface area contributed by atoms with E-state index in [1.165, 1.54) is 11.8 Å². The number of hydrogen-bond acceptors (Lipinski definition) is 5. The van der Waals surface area contributed by atoms with Crippen LogP contribution in [0.1, 0.15) is 25.4 Å². The quantitative estimate of drug-likeness (QED) is 0.815. The van der Waals surface area contributed by atoms with Gasteiger partial charge in [0.1, 0.15) is 16.8 Å². The molecule has 0 spiro atoms. The van der Waals surface area contributed by atoms with Crippen molar-refractivity contribution in [3.8, 4) is 6.07 Å². The molecular formula is C11H10F3N5S. The highest BCUT2D eigenvalue weighted by molar-refractivity contribution is 7.99. The largest absolute Gasteiger partial charge is 0.452 e. The normalized spacial score (nSPS) is 12.1. The van der Waals surface area contributed by atoms with Crippen LogP contribution in [0.2, 0.25) is 0 Å². The standard InChI is InChI=1S/C11H10F3N5S/c1-6(2)5-20-9-8-17-18-10(11(12,13)14)19(8)7(3-15)4-16-9/h4,6H,5H2,1-2H3. The second kappa shape index (κ2) is 5.28. The number of alkyl halides is 3. The molecule has 2 aromatic heterocycles. The minimum absolute atomic E-state index is 0.0398. The fourth-order valence-corrected chi connectivity index (χ4v) is 2.38. The van der Waals surface area contributed by atoms with Crippen LogP contribution in [0.15, 0.2) is 11.2 Å². The molecule has 2 aromatic rings. The lowest BCUT2D eigenvalue weighted by atomic mass is 10.3. The molecule has 0 bridgehead atoms. The van der Waals surface area contributed by atoms with E-state index < -0.39 is 12.0 Å². The topological polar surface area (TPSA) is 66.9 Å². The van der Waals surface area contributed by atoms with Crippen LogP contribution >= 0.6 is 11.8 Å². The van der Waals surface area contributed by atoms with Gasteiger partial charge in [0.15, 0.2) is 5.65 Å². The summed E-state index contributed by atoms with van der Waals surface area (Å²) in [4.78, 5) is 3.99. The Labute approximate surface area is 116 Å². The molecule has 0 aromatic carbocycles. The summed E-state index contributed by atoms with van der Waals surface area (Å²) in [5, 5.41) is 15.9. The number of rotatable bonds is 3. The molecule has 0 unspecified atom stereocenters. The molecule has 0 amide bonds. The third kappa shape index (κ3) is 2.70. The third-order valence-electron chi connectivity index (χ3n) is 2.32. The van der Waals surface area contributed by atoms with Crippen molar-refractivity contribution < 1.29 is 13.2 Å². The molecule has 106 valence electrons. The van der Waals surface area contributed by atoms with Gasteiger partial charge in [0.2, 0.25) is 5.82 Å². The van der Waals surface area contributed by atoms with E-state index in [0.717, 1.165) is 6.20 Å². The van der Waals surface area contributed by atoms with Crippen molar-refractivity contribution in [3.05, 3.63) is 17.7 Å². The molecule has 20 heavy (non-hydrogen) atoms. The second-order valence-electron chi connectivity index (χ2n) is 4.45. The molecule has 0 saturated heterocycles. The summed E-state index contributed by atoms with van der Waals surface area (Å²) in [6.45, 7) is 3.97. The fraction of sp³-hybridized carbons (Fsp3) is 0.455. The summed E-state index contributed by atoms with van der Waals surface area (Å²) in [7, 11) is 0. The Kier molecular flexibility index (Phi) is 3.85. The zero-order valence-electron chi connectivity index (χ0n) is 10.6. The highest BCUT2D eigenvalue weighted by Crippen LogP contribution is 2.31. The van der Waals surface area contributed by atoms with Crippen molar-refractivity contribution in [1.29, 1.82) is 5.26 Å². The van der Waals surface area contributed by atoms with Crippen molar-refractivity contribution in [2.45, 2.75) is 25.0 Å². The van der Waals surface area contributed by atoms with E-state index in [1.807, 2.05) is 13.8 Å². The van der Waals surface area contributed by atoms with Crippen LogP contribution in [-0.2, 0) is 6.18 Å². The summed E-state index contributed by atoms with van der Waals surface area (Å²) in [5.74, 6) is -0.177. The Bertz CT molecular complexity index is 671. The van der Waals surface area contributed by atoms with Gasteiger partial charge in [0.25, 0.3) is 0 Å². The fourth-order valence-electron chi connectivity index (χ4n) is 1.50. The van der Waals surface area contributed by atoms with E-state index in [-0.39, 0.29) is 11.3 Å². The van der Waals surface area contributed by atoms with Crippen LogP contribution < -0.4 is 0 Å². The molecule has 0 N–H and O–H groups in total. The van der Waals surface area contributed by atoms with Gasteiger partial charge in [-0.25, -0.2) is 4.98 Å². The molecule has 2 heterocycles. The molecule has 0 aliphatic carbocycles. The summed E-state index contributed by atoms with van der Waals surface area (Å²) in [5.41, 5.74) is -0.284. The number of halogens is 3. The lowest BCUT2D eigenvalue weighted by Crippen LogP contribution is -2.13. The molecule has 0 atom stereocenters. The maximum atomic E-state index is 12.9. The van der Waals surface area contributed by atoms with Gasteiger partial charge in [-0.05, 0) is 5.92 Å². The van der Waals surface area contributed by atoms with Gasteiger partial charge in [-0.3, -0.25) is 4.40 Å². The number of nitrogens with zero attached hydrogens (tertiary/aromatic N) is 5. The van der Waals surface area contributed by atoms with Crippen LogP contribution in [0, 0.1) is 17.2 Å². The lowest BCUT2D eigenvalue weighted by Gasteiger charge is -2.08. The smallest absolute Gasteiger partial charge is 0.258 e. The average Bonchev–Trinajstić information content (AvgIpc) is 2.80. The van der Waals surface area contributed by atoms with E-state index >= 15 is 0 Å². The molecule has 5 nitrogen and oxygen atoms in total. The molecule has 9 heteroatoms. The number of aromatic nitrogens is 4. The van der Waals surface area contributed by atoms with E-state index in [9.17, 15) is 13.2 Å². The van der Waals surface area contributed by atoms with Gasteiger partial charge in [-0.15, -0.1) is 22.0 Å². The van der Waals surface area contributed by atoms with Gasteiger partial charge < -0.3 is 0 Å². The van der Waals surface area contributed by atoms with Gasteiger partial charge in [-0.2, -0.15) is 18.4 Å². The SMILES string of the molecule is CC(C)CSc1ncc(C#N)n2c(C(F)(F)F)nnc12. The van der Waals surface area contributed by atoms with Gasteiger partial charge in [-0.1, -0.05) is 13.8 Å². The predicted molar refractivity (Wildman–Crippen MR) is 66.1 cm³/mol. The Morgan fingerprint density at radius 3 is 2.65 bits per heavy atom. The van der Waals surface area contributed by atoms with Crippen molar-refractivity contribution in [2.75, 3.05) is 5.75 Å². The first-order valence-electron chi connectivity index (χ1n) is 5.68. The Morgan fingerprint density at radius 1 is 1.40 bits per heavy atom. The van der Waals surface area contributed by atoms with E-state index in [4.69, 9.17) is 5.26 Å². The van der Waals surface area contributed by atoms with Crippen molar-refractivity contribution in [1.82, 2.24) is 19.6 Å². The molecule has 0 fully saturated rings. The maximum Gasteiger partial charge on any atom is 0.452 e. The second-order valence-corrected chi connectivity index (χ2v) is 5.45. The molecule has 0 saturated carbocycles. The lowest BCUT2D eigenvalue weighted by molar-refractivity contribution is -0.145. The zero-order chi connectivity index (χ0) is 14.9. The Morgan fingerprint density at radius 2 is 2.10 bits per heavy atom. The minimum atomic E-state index is -4.67. The molecule has 2 rings (SSSR count). The number of nitriles is 1. The van der Waals surface area contributed by atoms with Gasteiger partial charge in [0.05, 0.1) is 6.20 Å². The summed E-state index contributed by atoms with van der Waals surface area (Å²) in [6.07, 6.45) is -3.57. The number of thioether (sulfide) groups is 1. The van der Waals surface area contributed by atoms with Crippen molar-refractivity contribution >= 4 is 17.4 Å². The summed E-state index contributed by atoms with van der Waals surface area (Å²) >= 11 is 1.29. The van der Waals surface area contributed by atoms with Crippen molar-refractivity contribution in [3.63, 3.8) is 0 Å². The molecule has 0 aliphatic heterocycles. The first-order chi connectivity index (χ1) is 9.34. The Hall–Kier alpha value is -1.82. The monoisotopic (exact) mass is 301 g/mol. The van der Waals surface area contributed by atoms with Gasteiger partial charge >= 0.3 is 6.18 Å². The molecule has 0 radical (unpaired) electrons. The first-order valence-corrected chi connectivity index (χ1v) is 6.67. The first kappa shape index (κ1) is 14.6. The highest BCUT2D eigenvalue weighted by atomic mass is 32.2.